The first-order valence-corrected chi connectivity index (χ1v) is 2.22. The van der Waals surface area contributed by atoms with Crippen molar-refractivity contribution in [2.45, 2.75) is 6.92 Å². The van der Waals surface area contributed by atoms with Crippen molar-refractivity contribution in [2.24, 2.45) is 0 Å². The summed E-state index contributed by atoms with van der Waals surface area (Å²) < 4.78 is 4.12. The maximum Gasteiger partial charge on any atom is 0.456 e. The molecule has 4 nitrogen and oxygen atoms in total. The summed E-state index contributed by atoms with van der Waals surface area (Å²) in [5.74, 6) is 0. The summed E-state index contributed by atoms with van der Waals surface area (Å²) in [7, 11) is 1.24. The highest BCUT2D eigenvalue weighted by atomic mass is 16.7. The van der Waals surface area contributed by atoms with Crippen LogP contribution in [0.4, 0.5) is 4.79 Å². The molecule has 1 radical (unpaired) electrons. The molecular weight excluding hydrogens is 110 g/mol. The standard InChI is InChI=1S/C4H8NO3/c1-3-8-5-4(6)7-2/h3H2,1-2H3. The van der Waals surface area contributed by atoms with E-state index in [1.54, 1.807) is 6.92 Å². The molecule has 0 aromatic rings. The van der Waals surface area contributed by atoms with Gasteiger partial charge < -0.3 is 4.74 Å². The SMILES string of the molecule is CCO[N]C(=O)OC. The Morgan fingerprint density at radius 2 is 2.38 bits per heavy atom. The van der Waals surface area contributed by atoms with Gasteiger partial charge in [-0.1, -0.05) is 5.48 Å². The molecule has 0 saturated carbocycles. The molecule has 0 aromatic carbocycles. The van der Waals surface area contributed by atoms with Crippen LogP contribution in [0.1, 0.15) is 6.92 Å². The number of carbonyl (C=O) groups is 1. The van der Waals surface area contributed by atoms with Crippen molar-refractivity contribution in [3.63, 3.8) is 0 Å². The topological polar surface area (TPSA) is 49.6 Å². The highest BCUT2D eigenvalue weighted by Crippen LogP contribution is 1.73. The molecule has 0 fully saturated rings. The second-order valence-electron chi connectivity index (χ2n) is 0.979. The van der Waals surface area contributed by atoms with Crippen LogP contribution in [0.15, 0.2) is 0 Å². The third kappa shape index (κ3) is 3.42. The van der Waals surface area contributed by atoms with Crippen LogP contribution in [0.2, 0.25) is 0 Å². The predicted octanol–water partition coefficient (Wildman–Crippen LogP) is 0.309. The van der Waals surface area contributed by atoms with E-state index in [2.05, 4.69) is 15.1 Å². The summed E-state index contributed by atoms with van der Waals surface area (Å²) in [6, 6.07) is 0. The third-order valence-corrected chi connectivity index (χ3v) is 0.443. The van der Waals surface area contributed by atoms with E-state index in [1.165, 1.54) is 7.11 Å². The van der Waals surface area contributed by atoms with Crippen LogP contribution in [-0.2, 0) is 9.57 Å². The number of nitrogens with zero attached hydrogens (tertiary/aromatic N) is 1. The van der Waals surface area contributed by atoms with Gasteiger partial charge in [-0.15, -0.1) is 0 Å². The van der Waals surface area contributed by atoms with E-state index in [0.29, 0.717) is 6.61 Å². The second-order valence-corrected chi connectivity index (χ2v) is 0.979. The molecule has 0 aromatic heterocycles. The Bertz CT molecular complexity index is 73.7. The number of methoxy groups -OCH3 is 1. The van der Waals surface area contributed by atoms with Crippen molar-refractivity contribution in [3.05, 3.63) is 0 Å². The minimum absolute atomic E-state index is 0.384. The summed E-state index contributed by atoms with van der Waals surface area (Å²) in [4.78, 5) is 14.4. The number of amides is 1. The third-order valence-electron chi connectivity index (χ3n) is 0.443. The first-order chi connectivity index (χ1) is 3.81. The van der Waals surface area contributed by atoms with Gasteiger partial charge in [-0.05, 0) is 6.92 Å². The van der Waals surface area contributed by atoms with Crippen LogP contribution in [0, 0.1) is 0 Å². The van der Waals surface area contributed by atoms with Gasteiger partial charge in [0.05, 0.1) is 13.7 Å². The summed E-state index contributed by atoms with van der Waals surface area (Å²) in [5.41, 5.74) is 3.00. The van der Waals surface area contributed by atoms with Gasteiger partial charge in [0.2, 0.25) is 0 Å². The number of rotatable bonds is 2. The molecule has 47 valence electrons. The van der Waals surface area contributed by atoms with E-state index in [4.69, 9.17) is 0 Å². The average molecular weight is 118 g/mol. The van der Waals surface area contributed by atoms with E-state index in [-0.39, 0.29) is 0 Å². The molecule has 0 unspecified atom stereocenters. The van der Waals surface area contributed by atoms with Crippen LogP contribution < -0.4 is 5.48 Å². The summed E-state index contributed by atoms with van der Waals surface area (Å²) in [6.45, 7) is 2.11. The lowest BCUT2D eigenvalue weighted by Gasteiger charge is -1.94. The zero-order chi connectivity index (χ0) is 6.41. The van der Waals surface area contributed by atoms with E-state index >= 15 is 0 Å². The molecule has 8 heavy (non-hydrogen) atoms. The minimum Gasteiger partial charge on any atom is -0.450 e. The first kappa shape index (κ1) is 7.23. The Balaban J connectivity index is 2.99. The van der Waals surface area contributed by atoms with Gasteiger partial charge in [0, 0.05) is 0 Å². The molecule has 0 heterocycles. The lowest BCUT2D eigenvalue weighted by Crippen LogP contribution is -2.15. The molecule has 0 rings (SSSR count). The zero-order valence-corrected chi connectivity index (χ0v) is 4.88. The quantitative estimate of drug-likeness (QED) is 0.490. The molecule has 4 heteroatoms. The van der Waals surface area contributed by atoms with Gasteiger partial charge in [0.15, 0.2) is 0 Å². The number of ether oxygens (including phenoxy) is 1. The Kier molecular flexibility index (Phi) is 3.97. The molecule has 0 spiro atoms. The summed E-state index contributed by atoms with van der Waals surface area (Å²) in [5, 5.41) is 0. The molecule has 0 saturated heterocycles. The molecular formula is C4H8NO3. The van der Waals surface area contributed by atoms with Crippen LogP contribution in [0.25, 0.3) is 0 Å². The average Bonchev–Trinajstić information content (AvgIpc) is 1.83. The Labute approximate surface area is 47.7 Å². The van der Waals surface area contributed by atoms with Crippen LogP contribution >= 0.6 is 0 Å². The fraction of sp³-hybridized carbons (Fsp3) is 0.750. The fourth-order valence-electron chi connectivity index (χ4n) is 0.155. The highest BCUT2D eigenvalue weighted by molar-refractivity contribution is 5.65. The summed E-state index contributed by atoms with van der Waals surface area (Å²) in [6.07, 6.45) is -0.702. The van der Waals surface area contributed by atoms with Gasteiger partial charge in [-0.3, -0.25) is 0 Å². The number of hydrogen-bond donors (Lipinski definition) is 0. The number of hydrogen-bond acceptors (Lipinski definition) is 3. The maximum atomic E-state index is 10.1. The zero-order valence-electron chi connectivity index (χ0n) is 4.88. The molecule has 0 N–H and O–H groups in total. The number of hydroxylamine groups is 1. The minimum atomic E-state index is -0.702. The predicted molar refractivity (Wildman–Crippen MR) is 26.2 cm³/mol. The largest absolute Gasteiger partial charge is 0.456 e. The van der Waals surface area contributed by atoms with Gasteiger partial charge in [0.25, 0.3) is 0 Å². The fourth-order valence-corrected chi connectivity index (χ4v) is 0.155. The van der Waals surface area contributed by atoms with Crippen LogP contribution in [-0.4, -0.2) is 19.8 Å². The Morgan fingerprint density at radius 1 is 1.75 bits per heavy atom. The Morgan fingerprint density at radius 3 is 2.75 bits per heavy atom. The normalized spacial score (nSPS) is 8.25. The van der Waals surface area contributed by atoms with Crippen LogP contribution in [0.5, 0.6) is 0 Å². The van der Waals surface area contributed by atoms with Gasteiger partial charge in [0.1, 0.15) is 0 Å². The van der Waals surface area contributed by atoms with Gasteiger partial charge in [-0.2, -0.15) is 0 Å². The molecule has 1 amide bonds. The van der Waals surface area contributed by atoms with Crippen molar-refractivity contribution >= 4 is 6.09 Å². The molecule has 0 aliphatic carbocycles. The molecule has 0 aliphatic heterocycles. The van der Waals surface area contributed by atoms with Crippen molar-refractivity contribution in [2.75, 3.05) is 13.7 Å². The molecule has 0 bridgehead atoms. The van der Waals surface area contributed by atoms with Gasteiger partial charge >= 0.3 is 6.09 Å². The monoisotopic (exact) mass is 118 g/mol. The lowest BCUT2D eigenvalue weighted by atomic mass is 10.9. The maximum absolute atomic E-state index is 10.1. The summed E-state index contributed by atoms with van der Waals surface area (Å²) >= 11 is 0. The van der Waals surface area contributed by atoms with Crippen molar-refractivity contribution in [1.29, 1.82) is 0 Å². The van der Waals surface area contributed by atoms with E-state index in [0.717, 1.165) is 0 Å². The van der Waals surface area contributed by atoms with Gasteiger partial charge in [-0.25, -0.2) is 9.63 Å². The van der Waals surface area contributed by atoms with Crippen molar-refractivity contribution in [3.8, 4) is 0 Å². The van der Waals surface area contributed by atoms with E-state index in [9.17, 15) is 4.79 Å². The molecule has 0 aliphatic rings. The second kappa shape index (κ2) is 4.39. The Hall–Kier alpha value is -0.770. The number of carbonyl (C=O) groups excluding carboxylic acids is 1. The van der Waals surface area contributed by atoms with Crippen LogP contribution in [0.3, 0.4) is 0 Å². The van der Waals surface area contributed by atoms with E-state index < -0.39 is 6.09 Å². The first-order valence-electron chi connectivity index (χ1n) is 2.22. The lowest BCUT2D eigenvalue weighted by molar-refractivity contribution is 0.0360. The van der Waals surface area contributed by atoms with Crippen molar-refractivity contribution < 1.29 is 14.4 Å². The highest BCUT2D eigenvalue weighted by Gasteiger charge is 1.96. The smallest absolute Gasteiger partial charge is 0.450 e. The molecule has 0 atom stereocenters. The van der Waals surface area contributed by atoms with Crippen molar-refractivity contribution in [1.82, 2.24) is 5.48 Å². The van der Waals surface area contributed by atoms with E-state index in [1.807, 2.05) is 0 Å².